The molecule has 0 unspecified atom stereocenters. The normalized spacial score (nSPS) is 22.6. The Morgan fingerprint density at radius 3 is 2.42 bits per heavy atom. The molecule has 0 saturated carbocycles. The summed E-state index contributed by atoms with van der Waals surface area (Å²) in [6.45, 7) is 10.3. The third kappa shape index (κ3) is 4.42. The van der Waals surface area contributed by atoms with E-state index in [9.17, 15) is 15.2 Å². The highest BCUT2D eigenvalue weighted by Crippen LogP contribution is 2.26. The van der Waals surface area contributed by atoms with Gasteiger partial charge >= 0.3 is 0 Å². The average molecular weight is 336 g/mol. The van der Waals surface area contributed by atoms with E-state index in [4.69, 9.17) is 0 Å². The molecule has 1 aromatic heterocycles. The monoisotopic (exact) mass is 336 g/mol. The first-order valence-corrected chi connectivity index (χ1v) is 8.58. The van der Waals surface area contributed by atoms with E-state index in [1.807, 2.05) is 13.8 Å². The number of nitrogens with zero attached hydrogens (tertiary/aromatic N) is 4. The largest absolute Gasteiger partial charge is 0.389 e. The highest BCUT2D eigenvalue weighted by atomic mass is 16.6. The minimum atomic E-state index is -0.723. The molecule has 2 atom stereocenters. The van der Waals surface area contributed by atoms with Crippen LogP contribution >= 0.6 is 0 Å². The fraction of sp³-hybridized carbons (Fsp3) is 0.706. The van der Waals surface area contributed by atoms with E-state index in [2.05, 4.69) is 28.6 Å². The van der Waals surface area contributed by atoms with Crippen molar-refractivity contribution in [3.8, 4) is 0 Å². The maximum absolute atomic E-state index is 10.8. The standard InChI is InChI=1S/C17H28N4O3/c1-5-13-11-20(16-8-7-15(9-18-16)21(23)24)14(6-2)10-19(13)12-17(3,4)22/h7-9,13-14,22H,5-6,10-12H2,1-4H3/t13-,14+/m0/s1. The summed E-state index contributed by atoms with van der Waals surface area (Å²) >= 11 is 0. The van der Waals surface area contributed by atoms with Crippen LogP contribution in [0.3, 0.4) is 0 Å². The van der Waals surface area contributed by atoms with Crippen molar-refractivity contribution in [3.63, 3.8) is 0 Å². The molecule has 0 aliphatic carbocycles. The zero-order valence-electron chi connectivity index (χ0n) is 15.0. The van der Waals surface area contributed by atoms with Crippen LogP contribution in [-0.2, 0) is 0 Å². The number of nitro groups is 1. The van der Waals surface area contributed by atoms with Gasteiger partial charge in [-0.25, -0.2) is 4.98 Å². The third-order valence-corrected chi connectivity index (χ3v) is 4.58. The summed E-state index contributed by atoms with van der Waals surface area (Å²) in [5, 5.41) is 21.0. The van der Waals surface area contributed by atoms with Crippen LogP contribution in [0.2, 0.25) is 0 Å². The first kappa shape index (κ1) is 18.6. The number of β-amino-alcohol motifs (C(OH)–C–C–N with tert-alkyl or cyclic N) is 1. The molecule has 0 amide bonds. The molecule has 1 aliphatic rings. The quantitative estimate of drug-likeness (QED) is 0.634. The average Bonchev–Trinajstić information content (AvgIpc) is 2.53. The van der Waals surface area contributed by atoms with Crippen LogP contribution in [0.5, 0.6) is 0 Å². The van der Waals surface area contributed by atoms with Gasteiger partial charge in [0.1, 0.15) is 12.0 Å². The molecule has 0 aromatic carbocycles. The van der Waals surface area contributed by atoms with Gasteiger partial charge in [-0.05, 0) is 32.8 Å². The highest BCUT2D eigenvalue weighted by Gasteiger charge is 2.35. The summed E-state index contributed by atoms with van der Waals surface area (Å²) in [7, 11) is 0. The van der Waals surface area contributed by atoms with Gasteiger partial charge in [-0.15, -0.1) is 0 Å². The summed E-state index contributed by atoms with van der Waals surface area (Å²) in [5.41, 5.74) is -0.709. The van der Waals surface area contributed by atoms with Crippen molar-refractivity contribution in [1.82, 2.24) is 9.88 Å². The number of aliphatic hydroxyl groups is 1. The number of aromatic nitrogens is 1. The Morgan fingerprint density at radius 2 is 1.96 bits per heavy atom. The lowest BCUT2D eigenvalue weighted by Gasteiger charge is -2.48. The van der Waals surface area contributed by atoms with Crippen molar-refractivity contribution in [1.29, 1.82) is 0 Å². The lowest BCUT2D eigenvalue weighted by molar-refractivity contribution is -0.385. The van der Waals surface area contributed by atoms with E-state index in [1.54, 1.807) is 6.07 Å². The van der Waals surface area contributed by atoms with Gasteiger partial charge in [0.25, 0.3) is 5.69 Å². The Balaban J connectivity index is 2.20. The van der Waals surface area contributed by atoms with Gasteiger partial charge in [0.2, 0.25) is 0 Å². The molecule has 7 nitrogen and oxygen atoms in total. The molecule has 0 radical (unpaired) electrons. The van der Waals surface area contributed by atoms with Gasteiger partial charge in [-0.2, -0.15) is 0 Å². The number of anilines is 1. The van der Waals surface area contributed by atoms with E-state index >= 15 is 0 Å². The first-order valence-electron chi connectivity index (χ1n) is 8.58. The van der Waals surface area contributed by atoms with Crippen LogP contribution in [0, 0.1) is 10.1 Å². The summed E-state index contributed by atoms with van der Waals surface area (Å²) in [5.74, 6) is 0.786. The number of hydrogen-bond acceptors (Lipinski definition) is 6. The van der Waals surface area contributed by atoms with Crippen LogP contribution in [0.1, 0.15) is 40.5 Å². The molecule has 1 saturated heterocycles. The van der Waals surface area contributed by atoms with Gasteiger partial charge < -0.3 is 10.0 Å². The fourth-order valence-electron chi connectivity index (χ4n) is 3.37. The smallest absolute Gasteiger partial charge is 0.287 e. The molecule has 1 N–H and O–H groups in total. The van der Waals surface area contributed by atoms with Gasteiger partial charge in [0, 0.05) is 37.8 Å². The molecule has 1 aromatic rings. The number of pyridine rings is 1. The van der Waals surface area contributed by atoms with E-state index in [-0.39, 0.29) is 11.7 Å². The van der Waals surface area contributed by atoms with Crippen molar-refractivity contribution < 1.29 is 10.0 Å². The van der Waals surface area contributed by atoms with Gasteiger partial charge in [-0.1, -0.05) is 13.8 Å². The Kier molecular flexibility index (Phi) is 5.77. The summed E-state index contributed by atoms with van der Waals surface area (Å²) in [4.78, 5) is 19.3. The zero-order chi connectivity index (χ0) is 17.9. The SMILES string of the molecule is CC[C@H]1CN(c2ccc([N+](=O)[O-])cn2)[C@H](CC)CN1CC(C)(C)O. The van der Waals surface area contributed by atoms with Crippen LogP contribution < -0.4 is 4.90 Å². The highest BCUT2D eigenvalue weighted by molar-refractivity contribution is 5.44. The van der Waals surface area contributed by atoms with E-state index < -0.39 is 10.5 Å². The second kappa shape index (κ2) is 7.44. The molecular formula is C17H28N4O3. The predicted molar refractivity (Wildman–Crippen MR) is 94.3 cm³/mol. The number of rotatable bonds is 6. The number of hydrogen-bond donors (Lipinski definition) is 1. The van der Waals surface area contributed by atoms with Crippen molar-refractivity contribution in [2.45, 2.75) is 58.2 Å². The second-order valence-corrected chi connectivity index (χ2v) is 7.15. The molecule has 1 fully saturated rings. The Hall–Kier alpha value is -1.73. The molecule has 0 bridgehead atoms. The molecule has 24 heavy (non-hydrogen) atoms. The summed E-state index contributed by atoms with van der Waals surface area (Å²) < 4.78 is 0. The predicted octanol–water partition coefficient (Wildman–Crippen LogP) is 2.44. The summed E-state index contributed by atoms with van der Waals surface area (Å²) in [6.07, 6.45) is 3.26. The molecule has 2 rings (SSSR count). The third-order valence-electron chi connectivity index (χ3n) is 4.58. The van der Waals surface area contributed by atoms with Crippen molar-refractivity contribution in [2.24, 2.45) is 0 Å². The molecule has 1 aliphatic heterocycles. The van der Waals surface area contributed by atoms with E-state index in [0.717, 1.165) is 31.7 Å². The van der Waals surface area contributed by atoms with Gasteiger partial charge in [-0.3, -0.25) is 15.0 Å². The molecule has 2 heterocycles. The molecule has 0 spiro atoms. The lowest BCUT2D eigenvalue weighted by atomic mass is 9.99. The minimum absolute atomic E-state index is 0.0134. The van der Waals surface area contributed by atoms with Crippen molar-refractivity contribution in [2.75, 3.05) is 24.5 Å². The maximum Gasteiger partial charge on any atom is 0.287 e. The number of piperazine rings is 1. The van der Waals surface area contributed by atoms with E-state index in [0.29, 0.717) is 12.6 Å². The Bertz CT molecular complexity index is 556. The van der Waals surface area contributed by atoms with Gasteiger partial charge in [0.15, 0.2) is 0 Å². The molecule has 134 valence electrons. The fourth-order valence-corrected chi connectivity index (χ4v) is 3.37. The zero-order valence-corrected chi connectivity index (χ0v) is 15.0. The second-order valence-electron chi connectivity index (χ2n) is 7.15. The maximum atomic E-state index is 10.8. The molecular weight excluding hydrogens is 308 g/mol. The Morgan fingerprint density at radius 1 is 1.29 bits per heavy atom. The van der Waals surface area contributed by atoms with Gasteiger partial charge in [0.05, 0.1) is 10.5 Å². The summed E-state index contributed by atoms with van der Waals surface area (Å²) in [6, 6.07) is 3.86. The van der Waals surface area contributed by atoms with Crippen molar-refractivity contribution >= 4 is 11.5 Å². The van der Waals surface area contributed by atoms with Crippen LogP contribution in [0.15, 0.2) is 18.3 Å². The van der Waals surface area contributed by atoms with Crippen LogP contribution in [0.25, 0.3) is 0 Å². The Labute approximate surface area is 143 Å². The topological polar surface area (TPSA) is 82.7 Å². The van der Waals surface area contributed by atoms with Crippen LogP contribution in [-0.4, -0.2) is 57.2 Å². The van der Waals surface area contributed by atoms with E-state index in [1.165, 1.54) is 12.3 Å². The first-order chi connectivity index (χ1) is 11.2. The van der Waals surface area contributed by atoms with Crippen molar-refractivity contribution in [3.05, 3.63) is 28.4 Å². The van der Waals surface area contributed by atoms with Crippen LogP contribution in [0.4, 0.5) is 11.5 Å². The molecule has 7 heteroatoms. The minimum Gasteiger partial charge on any atom is -0.389 e. The lowest BCUT2D eigenvalue weighted by Crippen LogP contribution is -2.60.